The molecule has 0 saturated carbocycles. The van der Waals surface area contributed by atoms with Crippen LogP contribution in [-0.2, 0) is 27.7 Å². The largest absolute Gasteiger partial charge is 0.475 e. The number of carbonyl (C=O) groups excluding carboxylic acids is 2. The summed E-state index contributed by atoms with van der Waals surface area (Å²) in [5, 5.41) is -1.09. The first-order chi connectivity index (χ1) is 6.72. The number of carbonyl (C=O) groups is 2. The molecule has 15 heavy (non-hydrogen) atoms. The van der Waals surface area contributed by atoms with Gasteiger partial charge in [-0.15, -0.1) is 0 Å². The zero-order valence-corrected chi connectivity index (χ0v) is 10.4. The molecule has 0 fully saturated rings. The third-order valence-corrected chi connectivity index (χ3v) is 3.63. The van der Waals surface area contributed by atoms with Crippen LogP contribution in [0.3, 0.4) is 0 Å². The van der Waals surface area contributed by atoms with Crippen molar-refractivity contribution in [3.05, 3.63) is 0 Å². The molecule has 0 aliphatic heterocycles. The number of Topliss-reactive ketones (excluding diaryl/α,β-unsaturated/α-hetero) is 1. The standard InChI is InChI=1S/C7H12ClO6P/c1-5(9)7(2,6(8)10)14-15(11,12-3)13-4/h1-4H3. The highest BCUT2D eigenvalue weighted by atomic mass is 35.5. The molecule has 0 saturated heterocycles. The van der Waals surface area contributed by atoms with E-state index >= 15 is 0 Å². The van der Waals surface area contributed by atoms with Gasteiger partial charge in [0.05, 0.1) is 0 Å². The summed E-state index contributed by atoms with van der Waals surface area (Å²) in [5.41, 5.74) is -2.04. The van der Waals surface area contributed by atoms with Crippen LogP contribution < -0.4 is 0 Å². The van der Waals surface area contributed by atoms with Gasteiger partial charge in [0.15, 0.2) is 5.78 Å². The third-order valence-electron chi connectivity index (χ3n) is 1.79. The molecule has 0 N–H and O–H groups in total. The monoisotopic (exact) mass is 258 g/mol. The van der Waals surface area contributed by atoms with E-state index in [1.54, 1.807) is 0 Å². The van der Waals surface area contributed by atoms with E-state index in [4.69, 9.17) is 16.1 Å². The average Bonchev–Trinajstić information content (AvgIpc) is 2.16. The number of hydrogen-bond acceptors (Lipinski definition) is 6. The van der Waals surface area contributed by atoms with Crippen molar-refractivity contribution in [2.24, 2.45) is 0 Å². The third kappa shape index (κ3) is 3.36. The van der Waals surface area contributed by atoms with Gasteiger partial charge >= 0.3 is 7.82 Å². The van der Waals surface area contributed by atoms with Crippen molar-refractivity contribution >= 4 is 30.4 Å². The summed E-state index contributed by atoms with van der Waals surface area (Å²) < 4.78 is 25.1. The minimum absolute atomic E-state index is 0.697. The lowest BCUT2D eigenvalue weighted by Crippen LogP contribution is -2.42. The van der Waals surface area contributed by atoms with Crippen molar-refractivity contribution in [2.45, 2.75) is 19.4 Å². The van der Waals surface area contributed by atoms with Crippen molar-refractivity contribution in [1.82, 2.24) is 0 Å². The number of halogens is 1. The van der Waals surface area contributed by atoms with E-state index in [0.29, 0.717) is 0 Å². The topological polar surface area (TPSA) is 78.9 Å². The molecule has 0 aromatic carbocycles. The summed E-state index contributed by atoms with van der Waals surface area (Å²) in [7, 11) is -1.82. The number of phosphoric acid groups is 1. The molecule has 0 spiro atoms. The molecule has 0 rings (SSSR count). The highest BCUT2D eigenvalue weighted by Gasteiger charge is 2.45. The second kappa shape index (κ2) is 5.18. The molecule has 1 atom stereocenters. The van der Waals surface area contributed by atoms with Crippen molar-refractivity contribution in [3.8, 4) is 0 Å². The average molecular weight is 259 g/mol. The molecule has 0 bridgehead atoms. The first kappa shape index (κ1) is 14.7. The number of ketones is 1. The Kier molecular flexibility index (Phi) is 5.09. The van der Waals surface area contributed by atoms with E-state index in [9.17, 15) is 14.2 Å². The predicted octanol–water partition coefficient (Wildman–Crippen LogP) is 1.52. The Balaban J connectivity index is 5.09. The van der Waals surface area contributed by atoms with Gasteiger partial charge in [0.25, 0.3) is 5.24 Å². The van der Waals surface area contributed by atoms with Gasteiger partial charge in [-0.05, 0) is 25.4 Å². The van der Waals surface area contributed by atoms with Gasteiger partial charge in [-0.25, -0.2) is 4.57 Å². The highest BCUT2D eigenvalue weighted by molar-refractivity contribution is 7.48. The fourth-order valence-electron chi connectivity index (χ4n) is 0.611. The highest BCUT2D eigenvalue weighted by Crippen LogP contribution is 2.51. The number of phosphoric ester groups is 1. The van der Waals surface area contributed by atoms with Gasteiger partial charge in [0.2, 0.25) is 5.60 Å². The maximum atomic E-state index is 11.5. The van der Waals surface area contributed by atoms with E-state index < -0.39 is 24.4 Å². The van der Waals surface area contributed by atoms with E-state index in [1.807, 2.05) is 0 Å². The van der Waals surface area contributed by atoms with Gasteiger partial charge in [0, 0.05) is 14.2 Å². The van der Waals surface area contributed by atoms with Gasteiger partial charge in [-0.1, -0.05) is 0 Å². The lowest BCUT2D eigenvalue weighted by Gasteiger charge is -2.25. The van der Waals surface area contributed by atoms with Gasteiger partial charge in [-0.2, -0.15) is 0 Å². The predicted molar refractivity (Wildman–Crippen MR) is 52.7 cm³/mol. The quantitative estimate of drug-likeness (QED) is 0.408. The smallest absolute Gasteiger partial charge is 0.296 e. The Labute approximate surface area is 92.4 Å². The second-order valence-electron chi connectivity index (χ2n) is 2.77. The first-order valence-electron chi connectivity index (χ1n) is 3.85. The molecule has 88 valence electrons. The molecular formula is C7H12ClO6P. The van der Waals surface area contributed by atoms with Crippen LogP contribution in [0.15, 0.2) is 0 Å². The van der Waals surface area contributed by atoms with Crippen LogP contribution in [0.2, 0.25) is 0 Å². The Morgan fingerprint density at radius 2 is 1.67 bits per heavy atom. The van der Waals surface area contributed by atoms with Crippen LogP contribution in [0.25, 0.3) is 0 Å². The van der Waals surface area contributed by atoms with Crippen molar-refractivity contribution in [1.29, 1.82) is 0 Å². The fourth-order valence-corrected chi connectivity index (χ4v) is 1.79. The molecule has 0 aliphatic rings. The van der Waals surface area contributed by atoms with E-state index in [1.165, 1.54) is 0 Å². The van der Waals surface area contributed by atoms with Crippen molar-refractivity contribution < 1.29 is 27.7 Å². The summed E-state index contributed by atoms with van der Waals surface area (Å²) in [4.78, 5) is 22.2. The number of hydrogen-bond donors (Lipinski definition) is 0. The molecule has 0 aromatic rings. The lowest BCUT2D eigenvalue weighted by atomic mass is 10.1. The van der Waals surface area contributed by atoms with E-state index in [0.717, 1.165) is 28.1 Å². The minimum Gasteiger partial charge on any atom is -0.296 e. The molecule has 1 unspecified atom stereocenters. The maximum Gasteiger partial charge on any atom is 0.475 e. The molecule has 0 aliphatic carbocycles. The Hall–Kier alpha value is -0.260. The molecule has 0 heterocycles. The van der Waals surface area contributed by atoms with Gasteiger partial charge in [0.1, 0.15) is 0 Å². The van der Waals surface area contributed by atoms with Crippen molar-refractivity contribution in [3.63, 3.8) is 0 Å². The Morgan fingerprint density at radius 1 is 1.27 bits per heavy atom. The molecule has 6 nitrogen and oxygen atoms in total. The molecule has 8 heteroatoms. The second-order valence-corrected chi connectivity index (χ2v) is 4.92. The minimum atomic E-state index is -3.94. The van der Waals surface area contributed by atoms with E-state index in [-0.39, 0.29) is 0 Å². The van der Waals surface area contributed by atoms with Crippen LogP contribution in [0.1, 0.15) is 13.8 Å². The van der Waals surface area contributed by atoms with Crippen LogP contribution in [0.5, 0.6) is 0 Å². The zero-order valence-electron chi connectivity index (χ0n) is 8.77. The molecule has 0 aromatic heterocycles. The maximum absolute atomic E-state index is 11.5. The molecule has 0 radical (unpaired) electrons. The number of rotatable bonds is 6. The Morgan fingerprint density at radius 3 is 1.87 bits per heavy atom. The normalized spacial score (nSPS) is 15.8. The Bertz CT molecular complexity index is 293. The van der Waals surface area contributed by atoms with Gasteiger partial charge in [-0.3, -0.25) is 23.2 Å². The SMILES string of the molecule is COP(=O)(OC)OC(C)(C(C)=O)C(=O)Cl. The summed E-state index contributed by atoms with van der Waals surface area (Å²) in [5.74, 6) is -0.697. The van der Waals surface area contributed by atoms with Crippen LogP contribution in [0, 0.1) is 0 Å². The summed E-state index contributed by atoms with van der Waals surface area (Å²) in [6, 6.07) is 0. The van der Waals surface area contributed by atoms with E-state index in [2.05, 4.69) is 9.05 Å². The van der Waals surface area contributed by atoms with Crippen molar-refractivity contribution in [2.75, 3.05) is 14.2 Å². The molecule has 0 amide bonds. The summed E-state index contributed by atoms with van der Waals surface area (Å²) >= 11 is 5.18. The lowest BCUT2D eigenvalue weighted by molar-refractivity contribution is -0.141. The zero-order chi connectivity index (χ0) is 12.3. The van der Waals surface area contributed by atoms with Crippen LogP contribution in [-0.4, -0.2) is 30.8 Å². The summed E-state index contributed by atoms with van der Waals surface area (Å²) in [6.45, 7) is 2.17. The molecular weight excluding hydrogens is 246 g/mol. The summed E-state index contributed by atoms with van der Waals surface area (Å²) in [6.07, 6.45) is 0. The fraction of sp³-hybridized carbons (Fsp3) is 0.714. The van der Waals surface area contributed by atoms with Crippen LogP contribution >= 0.6 is 19.4 Å². The first-order valence-corrected chi connectivity index (χ1v) is 5.69. The van der Waals surface area contributed by atoms with Crippen LogP contribution in [0.4, 0.5) is 0 Å². The van der Waals surface area contributed by atoms with Gasteiger partial charge < -0.3 is 0 Å².